The molecule has 0 saturated heterocycles. The van der Waals surface area contributed by atoms with E-state index in [1.165, 1.54) is 0 Å². The molecule has 0 amide bonds. The maximum Gasteiger partial charge on any atom is 0.129 e. The van der Waals surface area contributed by atoms with Crippen molar-refractivity contribution in [2.75, 3.05) is 0 Å². The fourth-order valence-electron chi connectivity index (χ4n) is 0. The third-order valence-corrected chi connectivity index (χ3v) is 0.498. The number of hydrogen-bond donors (Lipinski definition) is 1. The van der Waals surface area contributed by atoms with Gasteiger partial charge in [0.2, 0.25) is 0 Å². The summed E-state index contributed by atoms with van der Waals surface area (Å²) in [5, 5.41) is 8.06. The highest BCUT2D eigenvalue weighted by Gasteiger charge is 1.76. The first-order valence-corrected chi connectivity index (χ1v) is 3.18. The van der Waals surface area contributed by atoms with Gasteiger partial charge in [-0.3, -0.25) is 0 Å². The molecule has 0 spiro atoms. The van der Waals surface area contributed by atoms with Gasteiger partial charge >= 0.3 is 0 Å². The molecule has 1 N–H and O–H groups in total. The molecule has 0 aromatic carbocycles. The Balaban J connectivity index is 0. The number of Topliss-reactive ketones (excluding diaryl/α,β-unsaturated/α-hetero) is 1. The molecule has 0 aliphatic heterocycles. The standard InChI is InChI=1S/C4H8O.C3H8O/c1-3-4(2)5;1-3(2)4/h3H2,1-2H3;3-4H,1-2H3. The summed E-state index contributed by atoms with van der Waals surface area (Å²) in [7, 11) is 0. The maximum absolute atomic E-state index is 9.81. The van der Waals surface area contributed by atoms with Gasteiger partial charge in [0.25, 0.3) is 0 Å². The minimum absolute atomic E-state index is 0.167. The van der Waals surface area contributed by atoms with Gasteiger partial charge in [0.15, 0.2) is 0 Å². The van der Waals surface area contributed by atoms with Crippen LogP contribution in [0.25, 0.3) is 0 Å². The molecular weight excluding hydrogens is 116 g/mol. The third kappa shape index (κ3) is 91.0. The maximum atomic E-state index is 9.81. The van der Waals surface area contributed by atoms with Gasteiger partial charge in [0.05, 0.1) is 0 Å². The average molecular weight is 132 g/mol. The fraction of sp³-hybridized carbons (Fsp3) is 0.857. The van der Waals surface area contributed by atoms with Gasteiger partial charge in [-0.25, -0.2) is 0 Å². The summed E-state index contributed by atoms with van der Waals surface area (Å²) in [6, 6.07) is 0. The Morgan fingerprint density at radius 2 is 1.67 bits per heavy atom. The fourth-order valence-corrected chi connectivity index (χ4v) is 0. The molecule has 0 aliphatic rings. The summed E-state index contributed by atoms with van der Waals surface area (Å²) in [5.74, 6) is 0.255. The molecule has 2 heteroatoms. The number of aliphatic hydroxyl groups is 1. The monoisotopic (exact) mass is 132 g/mol. The second-order valence-electron chi connectivity index (χ2n) is 2.15. The summed E-state index contributed by atoms with van der Waals surface area (Å²) in [6.45, 7) is 6.88. The number of carbonyl (C=O) groups excluding carboxylic acids is 1. The topological polar surface area (TPSA) is 37.3 Å². The molecule has 0 saturated carbocycles. The molecule has 56 valence electrons. The number of carbonyl (C=O) groups is 1. The minimum Gasteiger partial charge on any atom is -0.394 e. The van der Waals surface area contributed by atoms with Gasteiger partial charge in [0.1, 0.15) is 5.78 Å². The Bertz CT molecular complexity index is 64.6. The highest BCUT2D eigenvalue weighted by atomic mass is 16.3. The van der Waals surface area contributed by atoms with Crippen molar-refractivity contribution >= 4 is 5.78 Å². The van der Waals surface area contributed by atoms with Gasteiger partial charge in [0, 0.05) is 12.5 Å². The first-order valence-electron chi connectivity index (χ1n) is 3.18. The molecular formula is C7H16O2. The molecule has 0 atom stereocenters. The summed E-state index contributed by atoms with van der Waals surface area (Å²) >= 11 is 0. The van der Waals surface area contributed by atoms with Crippen molar-refractivity contribution in [3.05, 3.63) is 0 Å². The third-order valence-electron chi connectivity index (χ3n) is 0.498. The molecule has 0 bridgehead atoms. The Hall–Kier alpha value is -0.370. The van der Waals surface area contributed by atoms with Gasteiger partial charge < -0.3 is 9.90 Å². The SMILES string of the molecule is CC(C)O.CCC(C)=O. The molecule has 0 unspecified atom stereocenters. The Morgan fingerprint density at radius 3 is 1.67 bits per heavy atom. The van der Waals surface area contributed by atoms with E-state index in [0.717, 1.165) is 0 Å². The Morgan fingerprint density at radius 1 is 1.56 bits per heavy atom. The number of hydrogen-bond acceptors (Lipinski definition) is 2. The van der Waals surface area contributed by atoms with Crippen molar-refractivity contribution in [1.82, 2.24) is 0 Å². The van der Waals surface area contributed by atoms with E-state index in [0.29, 0.717) is 6.42 Å². The van der Waals surface area contributed by atoms with Gasteiger partial charge in [-0.2, -0.15) is 0 Å². The molecule has 0 radical (unpaired) electrons. The molecule has 0 aromatic heterocycles. The van der Waals surface area contributed by atoms with Crippen LogP contribution in [0.15, 0.2) is 0 Å². The van der Waals surface area contributed by atoms with Crippen molar-refractivity contribution in [3.63, 3.8) is 0 Å². The molecule has 0 heterocycles. The van der Waals surface area contributed by atoms with E-state index in [9.17, 15) is 4.79 Å². The van der Waals surface area contributed by atoms with Crippen LogP contribution >= 0.6 is 0 Å². The first-order chi connectivity index (χ1) is 4.00. The van der Waals surface area contributed by atoms with Crippen LogP contribution in [0.3, 0.4) is 0 Å². The van der Waals surface area contributed by atoms with Crippen molar-refractivity contribution in [2.45, 2.75) is 40.2 Å². The minimum atomic E-state index is -0.167. The van der Waals surface area contributed by atoms with E-state index in [4.69, 9.17) is 5.11 Å². The molecule has 2 nitrogen and oxygen atoms in total. The zero-order valence-electron chi connectivity index (χ0n) is 6.64. The zero-order chi connectivity index (χ0) is 7.86. The lowest BCUT2D eigenvalue weighted by Crippen LogP contribution is -1.85. The first kappa shape index (κ1) is 11.4. The number of ketones is 1. The summed E-state index contributed by atoms with van der Waals surface area (Å²) in [4.78, 5) is 9.81. The lowest BCUT2D eigenvalue weighted by molar-refractivity contribution is -0.116. The summed E-state index contributed by atoms with van der Waals surface area (Å²) in [5.41, 5.74) is 0. The predicted molar refractivity (Wildman–Crippen MR) is 38.3 cm³/mol. The van der Waals surface area contributed by atoms with Crippen LogP contribution in [0.2, 0.25) is 0 Å². The molecule has 0 rings (SSSR count). The predicted octanol–water partition coefficient (Wildman–Crippen LogP) is 1.37. The van der Waals surface area contributed by atoms with Crippen LogP contribution < -0.4 is 0 Å². The number of rotatable bonds is 1. The largest absolute Gasteiger partial charge is 0.394 e. The summed E-state index contributed by atoms with van der Waals surface area (Å²) in [6.07, 6.45) is 0.500. The average Bonchev–Trinajstić information content (AvgIpc) is 1.65. The van der Waals surface area contributed by atoms with Crippen molar-refractivity contribution in [2.24, 2.45) is 0 Å². The Kier molecular flexibility index (Phi) is 9.69. The van der Waals surface area contributed by atoms with E-state index < -0.39 is 0 Å². The lowest BCUT2D eigenvalue weighted by Gasteiger charge is -1.80. The zero-order valence-corrected chi connectivity index (χ0v) is 6.64. The van der Waals surface area contributed by atoms with Crippen LogP contribution in [-0.2, 0) is 4.79 Å². The van der Waals surface area contributed by atoms with Gasteiger partial charge in [-0.15, -0.1) is 0 Å². The van der Waals surface area contributed by atoms with E-state index in [-0.39, 0.29) is 11.9 Å². The van der Waals surface area contributed by atoms with Crippen LogP contribution in [0.1, 0.15) is 34.1 Å². The van der Waals surface area contributed by atoms with Crippen LogP contribution in [0.5, 0.6) is 0 Å². The second kappa shape index (κ2) is 7.63. The smallest absolute Gasteiger partial charge is 0.129 e. The van der Waals surface area contributed by atoms with Crippen molar-refractivity contribution < 1.29 is 9.90 Å². The quantitative estimate of drug-likeness (QED) is 0.585. The summed E-state index contributed by atoms with van der Waals surface area (Å²) < 4.78 is 0. The highest BCUT2D eigenvalue weighted by molar-refractivity contribution is 5.74. The Labute approximate surface area is 56.9 Å². The van der Waals surface area contributed by atoms with Crippen molar-refractivity contribution in [3.8, 4) is 0 Å². The molecule has 0 aliphatic carbocycles. The molecule has 9 heavy (non-hydrogen) atoms. The van der Waals surface area contributed by atoms with E-state index in [2.05, 4.69) is 0 Å². The van der Waals surface area contributed by atoms with Crippen LogP contribution in [0, 0.1) is 0 Å². The van der Waals surface area contributed by atoms with E-state index in [1.54, 1.807) is 20.8 Å². The van der Waals surface area contributed by atoms with Crippen molar-refractivity contribution in [1.29, 1.82) is 0 Å². The van der Waals surface area contributed by atoms with E-state index >= 15 is 0 Å². The molecule has 0 fully saturated rings. The van der Waals surface area contributed by atoms with Crippen LogP contribution in [0.4, 0.5) is 0 Å². The highest BCUT2D eigenvalue weighted by Crippen LogP contribution is 1.71. The van der Waals surface area contributed by atoms with Crippen LogP contribution in [-0.4, -0.2) is 17.0 Å². The molecule has 0 aromatic rings. The number of aliphatic hydroxyl groups excluding tert-OH is 1. The lowest BCUT2D eigenvalue weighted by atomic mass is 10.4. The second-order valence-corrected chi connectivity index (χ2v) is 2.15. The normalized spacial score (nSPS) is 8.22. The van der Waals surface area contributed by atoms with Gasteiger partial charge in [-0.05, 0) is 20.8 Å². The van der Waals surface area contributed by atoms with E-state index in [1.807, 2.05) is 6.92 Å². The van der Waals surface area contributed by atoms with Gasteiger partial charge in [-0.1, -0.05) is 6.92 Å².